The molecule has 0 saturated carbocycles. The van der Waals surface area contributed by atoms with Gasteiger partial charge in [0.2, 0.25) is 0 Å². The molecule has 0 unspecified atom stereocenters. The number of halogens is 3. The van der Waals surface area contributed by atoms with Crippen molar-refractivity contribution in [3.05, 3.63) is 16.5 Å². The lowest BCUT2D eigenvalue weighted by Crippen LogP contribution is -2.29. The van der Waals surface area contributed by atoms with Crippen molar-refractivity contribution in [1.29, 1.82) is 0 Å². The lowest BCUT2D eigenvalue weighted by atomic mass is 10.3. The van der Waals surface area contributed by atoms with Crippen molar-refractivity contribution >= 4 is 28.2 Å². The van der Waals surface area contributed by atoms with Crippen LogP contribution in [0.5, 0.6) is 0 Å². The Morgan fingerprint density at radius 3 is 2.38 bits per heavy atom. The fourth-order valence-corrected chi connectivity index (χ4v) is 1.79. The topological polar surface area (TPSA) is 66.4 Å². The lowest BCUT2D eigenvalue weighted by Gasteiger charge is -2.06. The van der Waals surface area contributed by atoms with Gasteiger partial charge in [-0.15, -0.1) is 11.3 Å². The van der Waals surface area contributed by atoms with Crippen molar-refractivity contribution in [1.82, 2.24) is 0 Å². The summed E-state index contributed by atoms with van der Waals surface area (Å²) in [6, 6.07) is 1.19. The first-order valence-electron chi connectivity index (χ1n) is 3.93. The number of carbonyl (C=O) groups is 2. The van der Waals surface area contributed by atoms with Gasteiger partial charge in [-0.3, -0.25) is 4.79 Å². The molecule has 0 atom stereocenters. The highest BCUT2D eigenvalue weighted by molar-refractivity contribution is 7.18. The number of alkyl halides is 3. The predicted octanol–water partition coefficient (Wildman–Crippen LogP) is 2.26. The molecule has 1 rings (SSSR count). The minimum absolute atomic E-state index is 0.111. The van der Waals surface area contributed by atoms with Crippen molar-refractivity contribution in [3.8, 4) is 0 Å². The van der Waals surface area contributed by atoms with E-state index in [1.165, 1.54) is 13.0 Å². The second-order valence-electron chi connectivity index (χ2n) is 2.88. The Labute approximate surface area is 91.7 Å². The third-order valence-corrected chi connectivity index (χ3v) is 2.75. The highest BCUT2D eigenvalue weighted by Crippen LogP contribution is 2.29. The van der Waals surface area contributed by atoms with Crippen LogP contribution in [0.1, 0.15) is 15.2 Å². The van der Waals surface area contributed by atoms with Gasteiger partial charge in [0.25, 0.3) is 0 Å². The first kappa shape index (κ1) is 12.5. The second-order valence-corrected chi connectivity index (χ2v) is 3.93. The van der Waals surface area contributed by atoms with Crippen molar-refractivity contribution in [3.63, 3.8) is 0 Å². The van der Waals surface area contributed by atoms with Crippen LogP contribution < -0.4 is 5.32 Å². The number of aromatic carboxylic acids is 1. The van der Waals surface area contributed by atoms with E-state index in [2.05, 4.69) is 0 Å². The number of nitrogens with one attached hydrogen (secondary N) is 1. The maximum Gasteiger partial charge on any atom is 0.471 e. The van der Waals surface area contributed by atoms with Gasteiger partial charge in [-0.05, 0) is 18.6 Å². The van der Waals surface area contributed by atoms with E-state index in [1.54, 1.807) is 5.32 Å². The van der Waals surface area contributed by atoms with E-state index in [9.17, 15) is 22.8 Å². The van der Waals surface area contributed by atoms with Gasteiger partial charge in [0.05, 0.1) is 5.00 Å². The molecule has 0 aliphatic carbocycles. The van der Waals surface area contributed by atoms with E-state index in [1.807, 2.05) is 0 Å². The summed E-state index contributed by atoms with van der Waals surface area (Å²) in [7, 11) is 0. The number of aryl methyl sites for hydroxylation is 1. The van der Waals surface area contributed by atoms with Crippen molar-refractivity contribution in [2.45, 2.75) is 13.1 Å². The van der Waals surface area contributed by atoms with Crippen LogP contribution >= 0.6 is 11.3 Å². The summed E-state index contributed by atoms with van der Waals surface area (Å²) in [5.74, 6) is -3.37. The first-order valence-corrected chi connectivity index (χ1v) is 4.75. The van der Waals surface area contributed by atoms with Crippen molar-refractivity contribution < 1.29 is 27.9 Å². The average Bonchev–Trinajstić information content (AvgIpc) is 2.46. The molecule has 4 nitrogen and oxygen atoms in total. The number of carboxylic acid groups (broad SMARTS) is 1. The molecule has 0 bridgehead atoms. The summed E-state index contributed by atoms with van der Waals surface area (Å²) in [4.78, 5) is 21.0. The fourth-order valence-electron chi connectivity index (χ4n) is 0.886. The van der Waals surface area contributed by atoms with Gasteiger partial charge in [0, 0.05) is 0 Å². The smallest absolute Gasteiger partial charge is 0.471 e. The van der Waals surface area contributed by atoms with Crippen LogP contribution in [0.3, 0.4) is 0 Å². The standard InChI is InChI=1S/C8H6F3NO3S/c1-3-2-4(6(13)14)16-5(3)12-7(15)8(9,10)11/h2H,1H3,(H,12,15)(H,13,14). The minimum Gasteiger partial charge on any atom is -0.477 e. The third-order valence-electron chi connectivity index (χ3n) is 1.61. The molecule has 2 N–H and O–H groups in total. The Bertz CT molecular complexity index is 438. The fraction of sp³-hybridized carbons (Fsp3) is 0.250. The predicted molar refractivity (Wildman–Crippen MR) is 50.7 cm³/mol. The SMILES string of the molecule is Cc1cc(C(=O)O)sc1NC(=O)C(F)(F)F. The number of carboxylic acids is 1. The van der Waals surface area contributed by atoms with Gasteiger partial charge in [-0.25, -0.2) is 4.79 Å². The molecule has 0 aromatic carbocycles. The zero-order chi connectivity index (χ0) is 12.5. The van der Waals surface area contributed by atoms with Gasteiger partial charge in [-0.2, -0.15) is 13.2 Å². The van der Waals surface area contributed by atoms with Crippen LogP contribution in [-0.2, 0) is 4.79 Å². The van der Waals surface area contributed by atoms with Gasteiger partial charge >= 0.3 is 18.1 Å². The molecule has 0 saturated heterocycles. The number of rotatable bonds is 2. The molecule has 8 heteroatoms. The number of hydrogen-bond acceptors (Lipinski definition) is 3. The van der Waals surface area contributed by atoms with Gasteiger partial charge < -0.3 is 10.4 Å². The number of hydrogen-bond donors (Lipinski definition) is 2. The molecule has 0 radical (unpaired) electrons. The summed E-state index contributed by atoms with van der Waals surface area (Å²) < 4.78 is 35.7. The summed E-state index contributed by atoms with van der Waals surface area (Å²) >= 11 is 0.581. The zero-order valence-electron chi connectivity index (χ0n) is 7.88. The van der Waals surface area contributed by atoms with E-state index >= 15 is 0 Å². The Balaban J connectivity index is 2.90. The number of carbonyl (C=O) groups excluding carboxylic acids is 1. The molecule has 0 aliphatic heterocycles. The Kier molecular flexibility index (Phi) is 3.22. The Hall–Kier alpha value is -1.57. The van der Waals surface area contributed by atoms with Crippen LogP contribution in [-0.4, -0.2) is 23.2 Å². The van der Waals surface area contributed by atoms with Crippen LogP contribution in [0.25, 0.3) is 0 Å². The van der Waals surface area contributed by atoms with Gasteiger partial charge in [0.1, 0.15) is 4.88 Å². The molecule has 0 spiro atoms. The molecule has 1 aromatic heterocycles. The lowest BCUT2D eigenvalue weighted by molar-refractivity contribution is -0.167. The van der Waals surface area contributed by atoms with E-state index in [0.29, 0.717) is 11.3 Å². The van der Waals surface area contributed by atoms with E-state index in [0.717, 1.165) is 0 Å². The summed E-state index contributed by atoms with van der Waals surface area (Å²) in [5.41, 5.74) is 0.278. The molecule has 88 valence electrons. The van der Waals surface area contributed by atoms with Crippen LogP contribution in [0.4, 0.5) is 18.2 Å². The van der Waals surface area contributed by atoms with Crippen LogP contribution in [0.15, 0.2) is 6.07 Å². The molecular formula is C8H6F3NO3S. The number of thiophene rings is 1. The molecule has 1 amide bonds. The van der Waals surface area contributed by atoms with Gasteiger partial charge in [0.15, 0.2) is 0 Å². The summed E-state index contributed by atoms with van der Waals surface area (Å²) in [5, 5.41) is 10.1. The summed E-state index contributed by atoms with van der Waals surface area (Å²) in [6.45, 7) is 1.41. The first-order chi connectivity index (χ1) is 7.21. The number of anilines is 1. The second kappa shape index (κ2) is 4.12. The monoisotopic (exact) mass is 253 g/mol. The van der Waals surface area contributed by atoms with E-state index < -0.39 is 18.1 Å². The molecule has 1 heterocycles. The van der Waals surface area contributed by atoms with Gasteiger partial charge in [-0.1, -0.05) is 0 Å². The van der Waals surface area contributed by atoms with E-state index in [-0.39, 0.29) is 15.4 Å². The normalized spacial score (nSPS) is 11.2. The quantitative estimate of drug-likeness (QED) is 0.849. The maximum absolute atomic E-state index is 11.9. The summed E-state index contributed by atoms with van der Waals surface area (Å²) in [6.07, 6.45) is -4.99. The molecule has 0 aliphatic rings. The minimum atomic E-state index is -4.99. The largest absolute Gasteiger partial charge is 0.477 e. The molecular weight excluding hydrogens is 247 g/mol. The molecule has 0 fully saturated rings. The molecule has 1 aromatic rings. The van der Waals surface area contributed by atoms with Crippen LogP contribution in [0.2, 0.25) is 0 Å². The average molecular weight is 253 g/mol. The maximum atomic E-state index is 11.9. The Morgan fingerprint density at radius 2 is 2.00 bits per heavy atom. The number of amides is 1. The van der Waals surface area contributed by atoms with Crippen molar-refractivity contribution in [2.24, 2.45) is 0 Å². The molecule has 16 heavy (non-hydrogen) atoms. The van der Waals surface area contributed by atoms with E-state index in [4.69, 9.17) is 5.11 Å². The Morgan fingerprint density at radius 1 is 1.44 bits per heavy atom. The highest BCUT2D eigenvalue weighted by atomic mass is 32.1. The zero-order valence-corrected chi connectivity index (χ0v) is 8.70. The van der Waals surface area contributed by atoms with Crippen LogP contribution in [0, 0.1) is 6.92 Å². The third kappa shape index (κ3) is 2.72. The highest BCUT2D eigenvalue weighted by Gasteiger charge is 2.39. The van der Waals surface area contributed by atoms with Crippen molar-refractivity contribution in [2.75, 3.05) is 5.32 Å².